The van der Waals surface area contributed by atoms with Crippen LogP contribution in [0.3, 0.4) is 0 Å². The van der Waals surface area contributed by atoms with E-state index in [0.717, 1.165) is 10.7 Å². The lowest BCUT2D eigenvalue weighted by molar-refractivity contribution is -0.0825. The Kier molecular flexibility index (Phi) is 3.31. The molecule has 2 fully saturated rings. The molecule has 2 rings (SSSR count). The van der Waals surface area contributed by atoms with Crippen LogP contribution in [0.15, 0.2) is 0 Å². The van der Waals surface area contributed by atoms with Gasteiger partial charge < -0.3 is 4.74 Å². The van der Waals surface area contributed by atoms with Crippen molar-refractivity contribution >= 4 is 15.9 Å². The molecule has 0 N–H and O–H groups in total. The summed E-state index contributed by atoms with van der Waals surface area (Å²) < 4.78 is 6.08. The molecule has 2 heteroatoms. The zero-order valence-corrected chi connectivity index (χ0v) is 9.92. The number of hydrogen-bond acceptors (Lipinski definition) is 1. The average Bonchev–Trinajstić information content (AvgIpc) is 2.06. The Morgan fingerprint density at radius 2 is 1.85 bits per heavy atom. The van der Waals surface area contributed by atoms with Crippen LogP contribution in [0.2, 0.25) is 0 Å². The molecule has 0 aromatic carbocycles. The fourth-order valence-electron chi connectivity index (χ4n) is 2.34. The lowest BCUT2D eigenvalue weighted by Gasteiger charge is -2.38. The van der Waals surface area contributed by atoms with Crippen molar-refractivity contribution in [3.63, 3.8) is 0 Å². The maximum absolute atomic E-state index is 6.08. The molecule has 2 saturated carbocycles. The van der Waals surface area contributed by atoms with E-state index >= 15 is 0 Å². The smallest absolute Gasteiger partial charge is 0.0604 e. The first kappa shape index (κ1) is 9.97. The van der Waals surface area contributed by atoms with Gasteiger partial charge in [0, 0.05) is 4.83 Å². The van der Waals surface area contributed by atoms with Crippen LogP contribution < -0.4 is 0 Å². The van der Waals surface area contributed by atoms with Crippen LogP contribution in [0.25, 0.3) is 0 Å². The molecule has 1 nitrogen and oxygen atoms in total. The molecule has 0 heterocycles. The second-order valence-corrected chi connectivity index (χ2v) is 5.92. The van der Waals surface area contributed by atoms with Gasteiger partial charge in [0.15, 0.2) is 0 Å². The number of halogens is 1. The molecule has 0 aliphatic heterocycles. The van der Waals surface area contributed by atoms with Crippen molar-refractivity contribution in [2.24, 2.45) is 5.92 Å². The Labute approximate surface area is 89.4 Å². The summed E-state index contributed by atoms with van der Waals surface area (Å²) in [5, 5.41) is 0. The highest BCUT2D eigenvalue weighted by Crippen LogP contribution is 2.34. The fourth-order valence-corrected chi connectivity index (χ4v) is 3.18. The van der Waals surface area contributed by atoms with Crippen LogP contribution in [-0.2, 0) is 4.74 Å². The standard InChI is InChI=1S/C11H19BrO/c1-8-4-2-3-5-11(8)13-10-6-9(12)7-10/h8-11H,2-7H2,1H3. The van der Waals surface area contributed by atoms with E-state index in [0.29, 0.717) is 12.2 Å². The van der Waals surface area contributed by atoms with Gasteiger partial charge in [-0.2, -0.15) is 0 Å². The molecule has 0 spiro atoms. The predicted octanol–water partition coefficient (Wildman–Crippen LogP) is 3.51. The molecule has 0 aromatic rings. The summed E-state index contributed by atoms with van der Waals surface area (Å²) in [5.41, 5.74) is 0. The van der Waals surface area contributed by atoms with Crippen LogP contribution >= 0.6 is 15.9 Å². The van der Waals surface area contributed by atoms with Crippen molar-refractivity contribution in [1.29, 1.82) is 0 Å². The molecular weight excluding hydrogens is 228 g/mol. The Bertz CT molecular complexity index is 165. The molecule has 2 aliphatic rings. The van der Waals surface area contributed by atoms with Crippen molar-refractivity contribution in [3.05, 3.63) is 0 Å². The third-order valence-electron chi connectivity index (χ3n) is 3.44. The van der Waals surface area contributed by atoms with Gasteiger partial charge in [-0.1, -0.05) is 35.7 Å². The van der Waals surface area contributed by atoms with E-state index in [2.05, 4.69) is 22.9 Å². The van der Waals surface area contributed by atoms with Gasteiger partial charge in [0.25, 0.3) is 0 Å². The van der Waals surface area contributed by atoms with E-state index in [1.165, 1.54) is 38.5 Å². The first-order valence-electron chi connectivity index (χ1n) is 5.55. The van der Waals surface area contributed by atoms with Crippen LogP contribution in [0.5, 0.6) is 0 Å². The zero-order valence-electron chi connectivity index (χ0n) is 8.34. The second-order valence-electron chi connectivity index (χ2n) is 4.63. The molecule has 2 unspecified atom stereocenters. The minimum absolute atomic E-state index is 0.565. The highest BCUT2D eigenvalue weighted by Gasteiger charge is 2.32. The third-order valence-corrected chi connectivity index (χ3v) is 4.18. The number of ether oxygens (including phenoxy) is 1. The van der Waals surface area contributed by atoms with Crippen molar-refractivity contribution in [3.8, 4) is 0 Å². The maximum Gasteiger partial charge on any atom is 0.0604 e. The minimum atomic E-state index is 0.565. The van der Waals surface area contributed by atoms with Gasteiger partial charge >= 0.3 is 0 Å². The van der Waals surface area contributed by atoms with E-state index in [4.69, 9.17) is 4.74 Å². The van der Waals surface area contributed by atoms with Gasteiger partial charge in [-0.3, -0.25) is 0 Å². The number of rotatable bonds is 2. The highest BCUT2D eigenvalue weighted by molar-refractivity contribution is 9.09. The average molecular weight is 247 g/mol. The van der Waals surface area contributed by atoms with E-state index in [1.807, 2.05) is 0 Å². The first-order chi connectivity index (χ1) is 6.25. The largest absolute Gasteiger partial charge is 0.375 e. The van der Waals surface area contributed by atoms with E-state index < -0.39 is 0 Å². The fraction of sp³-hybridized carbons (Fsp3) is 1.00. The summed E-state index contributed by atoms with van der Waals surface area (Å²) in [5.74, 6) is 0.795. The molecular formula is C11H19BrO. The molecule has 0 radical (unpaired) electrons. The summed E-state index contributed by atoms with van der Waals surface area (Å²) in [7, 11) is 0. The number of hydrogen-bond donors (Lipinski definition) is 0. The van der Waals surface area contributed by atoms with Crippen molar-refractivity contribution in [2.75, 3.05) is 0 Å². The second kappa shape index (κ2) is 4.31. The summed E-state index contributed by atoms with van der Waals surface area (Å²) in [4.78, 5) is 0.733. The third kappa shape index (κ3) is 2.47. The SMILES string of the molecule is CC1CCCCC1OC1CC(Br)C1. The van der Waals surface area contributed by atoms with Crippen molar-refractivity contribution in [2.45, 2.75) is 62.5 Å². The monoisotopic (exact) mass is 246 g/mol. The summed E-state index contributed by atoms with van der Waals surface area (Å²) in [6.07, 6.45) is 9.03. The topological polar surface area (TPSA) is 9.23 Å². The molecule has 0 bridgehead atoms. The molecule has 2 atom stereocenters. The van der Waals surface area contributed by atoms with E-state index in [-0.39, 0.29) is 0 Å². The normalized spacial score (nSPS) is 45.7. The molecule has 0 aromatic heterocycles. The van der Waals surface area contributed by atoms with Crippen LogP contribution in [0.1, 0.15) is 45.4 Å². The van der Waals surface area contributed by atoms with Crippen molar-refractivity contribution in [1.82, 2.24) is 0 Å². The van der Waals surface area contributed by atoms with E-state index in [9.17, 15) is 0 Å². The van der Waals surface area contributed by atoms with Gasteiger partial charge in [-0.15, -0.1) is 0 Å². The highest BCUT2D eigenvalue weighted by atomic mass is 79.9. The first-order valence-corrected chi connectivity index (χ1v) is 6.47. The molecule has 2 aliphatic carbocycles. The van der Waals surface area contributed by atoms with Crippen LogP contribution in [0, 0.1) is 5.92 Å². The van der Waals surface area contributed by atoms with Crippen LogP contribution in [0.4, 0.5) is 0 Å². The zero-order chi connectivity index (χ0) is 9.26. The molecule has 0 amide bonds. The molecule has 76 valence electrons. The minimum Gasteiger partial charge on any atom is -0.375 e. The van der Waals surface area contributed by atoms with Gasteiger partial charge in [0.2, 0.25) is 0 Å². The lowest BCUT2D eigenvalue weighted by atomic mass is 9.87. The van der Waals surface area contributed by atoms with Crippen LogP contribution in [-0.4, -0.2) is 17.0 Å². The Balaban J connectivity index is 1.73. The van der Waals surface area contributed by atoms with E-state index in [1.54, 1.807) is 0 Å². The summed E-state index contributed by atoms with van der Waals surface area (Å²) in [6, 6.07) is 0. The Hall–Kier alpha value is 0.440. The number of alkyl halides is 1. The quantitative estimate of drug-likeness (QED) is 0.678. The molecule has 0 saturated heterocycles. The maximum atomic E-state index is 6.08. The Morgan fingerprint density at radius 3 is 2.46 bits per heavy atom. The lowest BCUT2D eigenvalue weighted by Crippen LogP contribution is -2.38. The van der Waals surface area contributed by atoms with Gasteiger partial charge in [-0.05, 0) is 31.6 Å². The predicted molar refractivity (Wildman–Crippen MR) is 58.2 cm³/mol. The summed E-state index contributed by atoms with van der Waals surface area (Å²) in [6.45, 7) is 2.34. The Morgan fingerprint density at radius 1 is 1.15 bits per heavy atom. The van der Waals surface area contributed by atoms with Crippen molar-refractivity contribution < 1.29 is 4.74 Å². The van der Waals surface area contributed by atoms with Gasteiger partial charge in [0.05, 0.1) is 12.2 Å². The summed E-state index contributed by atoms with van der Waals surface area (Å²) >= 11 is 3.60. The molecule has 13 heavy (non-hydrogen) atoms. The van der Waals surface area contributed by atoms with Gasteiger partial charge in [-0.25, -0.2) is 0 Å². The van der Waals surface area contributed by atoms with Gasteiger partial charge in [0.1, 0.15) is 0 Å².